The van der Waals surface area contributed by atoms with E-state index in [0.29, 0.717) is 30.5 Å². The van der Waals surface area contributed by atoms with Crippen molar-refractivity contribution >= 4 is 17.6 Å². The molecule has 23 heavy (non-hydrogen) atoms. The van der Waals surface area contributed by atoms with Crippen LogP contribution in [0.5, 0.6) is 0 Å². The molecule has 0 fully saturated rings. The molecule has 1 aliphatic carbocycles. The molecule has 0 saturated heterocycles. The van der Waals surface area contributed by atoms with Crippen molar-refractivity contribution in [2.24, 2.45) is 5.73 Å². The summed E-state index contributed by atoms with van der Waals surface area (Å²) in [5.41, 5.74) is 7.76. The number of benzene rings is 1. The summed E-state index contributed by atoms with van der Waals surface area (Å²) in [5, 5.41) is 22.7. The van der Waals surface area contributed by atoms with Crippen molar-refractivity contribution in [2.45, 2.75) is 37.8 Å². The van der Waals surface area contributed by atoms with Crippen molar-refractivity contribution in [3.05, 3.63) is 41.5 Å². The zero-order valence-electron chi connectivity index (χ0n) is 13.1. The number of anilines is 1. The summed E-state index contributed by atoms with van der Waals surface area (Å²) in [6.45, 7) is 0. The Labute approximate surface area is 146 Å². The number of rotatable bonds is 6. The van der Waals surface area contributed by atoms with Crippen molar-refractivity contribution < 1.29 is 38.7 Å². The van der Waals surface area contributed by atoms with E-state index in [1.807, 2.05) is 6.07 Å². The number of aliphatic hydroxyl groups excluding tert-OH is 1. The second-order valence-electron chi connectivity index (χ2n) is 5.49. The number of nitrogens with two attached hydrogens (primary N) is 1. The molecule has 2 atom stereocenters. The molecule has 0 saturated carbocycles. The van der Waals surface area contributed by atoms with Crippen LogP contribution in [0, 0.1) is 0 Å². The maximum Gasteiger partial charge on any atom is 1.00 e. The predicted octanol–water partition coefficient (Wildman–Crippen LogP) is -3.28. The van der Waals surface area contributed by atoms with Gasteiger partial charge in [-0.3, -0.25) is 4.79 Å². The molecule has 1 amide bonds. The average molecular weight is 310 g/mol. The Bertz CT molecular complexity index is 603. The van der Waals surface area contributed by atoms with Gasteiger partial charge in [-0.25, -0.2) is 0 Å². The first-order chi connectivity index (χ1) is 10.4. The van der Waals surface area contributed by atoms with Gasteiger partial charge < -0.3 is 26.1 Å². The minimum Gasteiger partial charge on any atom is -0.550 e. The quantitative estimate of drug-likeness (QED) is 0.477. The molecule has 0 spiro atoms. The minimum atomic E-state index is -1.18. The predicted molar refractivity (Wildman–Crippen MR) is 79.7 cm³/mol. The number of aliphatic hydroxyl groups is 1. The zero-order valence-corrected chi connectivity index (χ0v) is 13.1. The van der Waals surface area contributed by atoms with E-state index in [4.69, 9.17) is 5.73 Å². The number of hydrogen-bond donors (Lipinski definition) is 3. The van der Waals surface area contributed by atoms with Crippen LogP contribution in [0.1, 0.15) is 24.8 Å². The van der Waals surface area contributed by atoms with E-state index in [-0.39, 0.29) is 31.2 Å². The van der Waals surface area contributed by atoms with Gasteiger partial charge in [-0.15, -0.1) is 0 Å². The topological polar surface area (TPSA) is 115 Å². The fourth-order valence-electron chi connectivity index (χ4n) is 2.47. The van der Waals surface area contributed by atoms with Crippen molar-refractivity contribution in [1.82, 2.24) is 0 Å². The van der Waals surface area contributed by atoms with Gasteiger partial charge in [0.25, 0.3) is 5.91 Å². The minimum absolute atomic E-state index is 0. The Kier molecular flexibility index (Phi) is 7.53. The first-order valence-electron chi connectivity index (χ1n) is 7.18. The summed E-state index contributed by atoms with van der Waals surface area (Å²) in [7, 11) is 0. The number of hydrogen-bond acceptors (Lipinski definition) is 5. The Balaban J connectivity index is 0.00000264. The van der Waals surface area contributed by atoms with Crippen LogP contribution in [0.15, 0.2) is 35.9 Å². The molecule has 1 aromatic carbocycles. The molecule has 7 heteroatoms. The van der Waals surface area contributed by atoms with Crippen molar-refractivity contribution in [3.8, 4) is 0 Å². The number of amides is 1. The number of nitrogens with one attached hydrogen (secondary N) is 1. The maximum absolute atomic E-state index is 12.0. The van der Waals surface area contributed by atoms with Gasteiger partial charge in [-0.05, 0) is 43.0 Å². The van der Waals surface area contributed by atoms with E-state index in [1.54, 1.807) is 24.3 Å². The third-order valence-corrected chi connectivity index (χ3v) is 3.51. The van der Waals surface area contributed by atoms with Gasteiger partial charge in [-0.1, -0.05) is 12.1 Å². The molecule has 6 nitrogen and oxygen atoms in total. The van der Waals surface area contributed by atoms with Crippen LogP contribution in [0.25, 0.3) is 0 Å². The van der Waals surface area contributed by atoms with E-state index in [0.717, 1.165) is 5.56 Å². The number of carboxylic acids is 1. The van der Waals surface area contributed by atoms with Crippen molar-refractivity contribution in [3.63, 3.8) is 0 Å². The van der Waals surface area contributed by atoms with Gasteiger partial charge in [0.2, 0.25) is 0 Å². The molecule has 0 aromatic heterocycles. The summed E-state index contributed by atoms with van der Waals surface area (Å²) in [6, 6.07) is 6.58. The van der Waals surface area contributed by atoms with Crippen LogP contribution >= 0.6 is 0 Å². The van der Waals surface area contributed by atoms with E-state index in [1.165, 1.54) is 0 Å². The Morgan fingerprint density at radius 1 is 1.43 bits per heavy atom. The average Bonchev–Trinajstić information content (AvgIpc) is 2.85. The molecule has 118 valence electrons. The van der Waals surface area contributed by atoms with Gasteiger partial charge >= 0.3 is 18.9 Å². The Morgan fingerprint density at radius 3 is 2.78 bits per heavy atom. The second kappa shape index (κ2) is 8.90. The van der Waals surface area contributed by atoms with Gasteiger partial charge in [0.1, 0.15) is 0 Å². The van der Waals surface area contributed by atoms with Gasteiger partial charge in [0.15, 0.2) is 0 Å². The van der Waals surface area contributed by atoms with Crippen molar-refractivity contribution in [1.29, 1.82) is 0 Å². The normalized spacial score (nSPS) is 17.8. The van der Waals surface area contributed by atoms with Gasteiger partial charge in [0.05, 0.1) is 6.10 Å². The number of aliphatic carboxylic acids is 1. The summed E-state index contributed by atoms with van der Waals surface area (Å²) in [5.74, 6) is -1.41. The number of carboxylic acid groups (broad SMARTS) is 1. The van der Waals surface area contributed by atoms with Gasteiger partial charge in [-0.2, -0.15) is 0 Å². The molecule has 1 unspecified atom stereocenters. The maximum atomic E-state index is 12.0. The standard InChI is InChI=1S/C16H20N2O4.Li/c17-12(9-15(20)21)6-10-2-1-3-13(7-10)18-16(22)11-4-5-14(19)8-11;/h1-3,7-8,12,14,19H,4-6,9,17H2,(H,18,22)(H,20,21);/q;+1/p-1/t12-,14?;/m0./s1. The van der Waals surface area contributed by atoms with E-state index < -0.39 is 18.1 Å². The zero-order chi connectivity index (χ0) is 16.1. The molecule has 1 aromatic rings. The Hall–Kier alpha value is -1.58. The number of carbonyl (C=O) groups is 2. The molecule has 1 aliphatic rings. The summed E-state index contributed by atoms with van der Waals surface area (Å²) >= 11 is 0. The molecule has 0 aliphatic heterocycles. The molecule has 2 rings (SSSR count). The first kappa shape index (κ1) is 19.5. The molecule has 0 bridgehead atoms. The smallest absolute Gasteiger partial charge is 0.550 e. The van der Waals surface area contributed by atoms with Crippen LogP contribution in [0.2, 0.25) is 0 Å². The van der Waals surface area contributed by atoms with Crippen LogP contribution in [0.4, 0.5) is 5.69 Å². The fourth-order valence-corrected chi connectivity index (χ4v) is 2.47. The van der Waals surface area contributed by atoms with Crippen LogP contribution in [0.3, 0.4) is 0 Å². The third kappa shape index (κ3) is 6.20. The molecule has 0 heterocycles. The van der Waals surface area contributed by atoms with E-state index in [2.05, 4.69) is 5.32 Å². The van der Waals surface area contributed by atoms with Crippen LogP contribution in [-0.2, 0) is 16.0 Å². The molecular formula is C16H19LiN2O4. The van der Waals surface area contributed by atoms with Crippen LogP contribution < -0.4 is 35.0 Å². The largest absolute Gasteiger partial charge is 1.00 e. The number of carbonyl (C=O) groups excluding carboxylic acids is 2. The van der Waals surface area contributed by atoms with Gasteiger partial charge in [0, 0.05) is 29.7 Å². The van der Waals surface area contributed by atoms with Crippen LogP contribution in [-0.4, -0.2) is 29.1 Å². The Morgan fingerprint density at radius 2 is 2.17 bits per heavy atom. The molecular weight excluding hydrogens is 291 g/mol. The first-order valence-corrected chi connectivity index (χ1v) is 7.18. The summed E-state index contributed by atoms with van der Waals surface area (Å²) < 4.78 is 0. The monoisotopic (exact) mass is 310 g/mol. The SMILES string of the molecule is N[C@H](CC(=O)[O-])Cc1cccc(NC(=O)C2=CC(O)CC2)c1.[Li+]. The fraction of sp³-hybridized carbons (Fsp3) is 0.375. The van der Waals surface area contributed by atoms with E-state index in [9.17, 15) is 19.8 Å². The van der Waals surface area contributed by atoms with Crippen molar-refractivity contribution in [2.75, 3.05) is 5.32 Å². The molecule has 4 N–H and O–H groups in total. The summed E-state index contributed by atoms with van der Waals surface area (Å²) in [4.78, 5) is 22.5. The van der Waals surface area contributed by atoms with E-state index >= 15 is 0 Å². The second-order valence-corrected chi connectivity index (χ2v) is 5.49. The third-order valence-electron chi connectivity index (χ3n) is 3.51. The summed E-state index contributed by atoms with van der Waals surface area (Å²) in [6.07, 6.45) is 2.33. The molecule has 0 radical (unpaired) electrons.